The molecule has 1 atom stereocenters. The lowest BCUT2D eigenvalue weighted by atomic mass is 10.2. The van der Waals surface area contributed by atoms with Gasteiger partial charge in [-0.15, -0.1) is 0 Å². The van der Waals surface area contributed by atoms with Crippen LogP contribution in [0.25, 0.3) is 0 Å². The topological polar surface area (TPSA) is 58.8 Å². The number of hydrogen-bond acceptors (Lipinski definition) is 5. The van der Waals surface area contributed by atoms with E-state index >= 15 is 0 Å². The normalized spacial score (nSPS) is 13.1. The van der Waals surface area contributed by atoms with Crippen molar-refractivity contribution in [1.82, 2.24) is 9.80 Å². The van der Waals surface area contributed by atoms with Gasteiger partial charge in [-0.3, -0.25) is 4.79 Å². The van der Waals surface area contributed by atoms with Gasteiger partial charge in [0, 0.05) is 6.54 Å². The predicted molar refractivity (Wildman–Crippen MR) is 74.5 cm³/mol. The van der Waals surface area contributed by atoms with E-state index in [1.54, 1.807) is 6.92 Å². The van der Waals surface area contributed by atoms with E-state index in [0.717, 1.165) is 32.6 Å². The molecule has 5 heteroatoms. The molecule has 0 spiro atoms. The summed E-state index contributed by atoms with van der Waals surface area (Å²) in [5, 5.41) is 0. The van der Waals surface area contributed by atoms with E-state index in [1.165, 1.54) is 0 Å². The zero-order valence-corrected chi connectivity index (χ0v) is 12.3. The molecule has 108 valence electrons. The molecule has 0 bridgehead atoms. The highest BCUT2D eigenvalue weighted by atomic mass is 16.5. The van der Waals surface area contributed by atoms with E-state index in [2.05, 4.69) is 30.8 Å². The monoisotopic (exact) mass is 259 g/mol. The van der Waals surface area contributed by atoms with Crippen molar-refractivity contribution in [2.24, 2.45) is 5.73 Å². The third-order valence-corrected chi connectivity index (χ3v) is 2.87. The molecule has 0 aliphatic heterocycles. The second-order valence-corrected chi connectivity index (χ2v) is 4.74. The first-order valence-electron chi connectivity index (χ1n) is 6.80. The molecule has 0 radical (unpaired) electrons. The zero-order valence-electron chi connectivity index (χ0n) is 12.3. The second kappa shape index (κ2) is 10.3. The van der Waals surface area contributed by atoms with Crippen LogP contribution in [0.5, 0.6) is 0 Å². The Labute approximate surface area is 111 Å². The van der Waals surface area contributed by atoms with E-state index < -0.39 is 6.04 Å². The molecule has 1 unspecified atom stereocenters. The Morgan fingerprint density at radius 1 is 1.22 bits per heavy atom. The predicted octanol–water partition coefficient (Wildman–Crippen LogP) is 0.541. The number of hydrogen-bond donors (Lipinski definition) is 1. The molecule has 0 aromatic rings. The summed E-state index contributed by atoms with van der Waals surface area (Å²) in [4.78, 5) is 15.9. The third-order valence-electron chi connectivity index (χ3n) is 2.87. The SMILES string of the molecule is CCOC(=O)C(N)CCN(CC)CCCN(C)C. The summed E-state index contributed by atoms with van der Waals surface area (Å²) in [7, 11) is 4.15. The summed E-state index contributed by atoms with van der Waals surface area (Å²) in [6.45, 7) is 8.29. The van der Waals surface area contributed by atoms with Crippen LogP contribution in [-0.4, -0.2) is 68.7 Å². The minimum absolute atomic E-state index is 0.290. The van der Waals surface area contributed by atoms with Gasteiger partial charge in [-0.2, -0.15) is 0 Å². The second-order valence-electron chi connectivity index (χ2n) is 4.74. The van der Waals surface area contributed by atoms with Crippen molar-refractivity contribution < 1.29 is 9.53 Å². The minimum atomic E-state index is -0.493. The third kappa shape index (κ3) is 8.44. The summed E-state index contributed by atoms with van der Waals surface area (Å²) < 4.78 is 4.89. The summed E-state index contributed by atoms with van der Waals surface area (Å²) in [6.07, 6.45) is 1.80. The van der Waals surface area contributed by atoms with Crippen molar-refractivity contribution in [3.8, 4) is 0 Å². The molecule has 0 aliphatic carbocycles. The molecule has 0 aromatic heterocycles. The number of rotatable bonds is 10. The first kappa shape index (κ1) is 17.4. The first-order valence-corrected chi connectivity index (χ1v) is 6.80. The molecular formula is C13H29N3O2. The van der Waals surface area contributed by atoms with Crippen LogP contribution in [0.3, 0.4) is 0 Å². The molecule has 0 rings (SSSR count). The number of ether oxygens (including phenoxy) is 1. The summed E-state index contributed by atoms with van der Waals surface area (Å²) in [5.74, 6) is -0.290. The van der Waals surface area contributed by atoms with E-state index in [4.69, 9.17) is 10.5 Å². The van der Waals surface area contributed by atoms with Crippen molar-refractivity contribution in [3.63, 3.8) is 0 Å². The maximum atomic E-state index is 11.4. The Bertz CT molecular complexity index is 222. The van der Waals surface area contributed by atoms with Crippen molar-refractivity contribution in [2.45, 2.75) is 32.7 Å². The van der Waals surface area contributed by atoms with Gasteiger partial charge in [-0.1, -0.05) is 6.92 Å². The van der Waals surface area contributed by atoms with E-state index in [-0.39, 0.29) is 5.97 Å². The highest BCUT2D eigenvalue weighted by Gasteiger charge is 2.15. The summed E-state index contributed by atoms with van der Waals surface area (Å²) in [5.41, 5.74) is 5.77. The highest BCUT2D eigenvalue weighted by Crippen LogP contribution is 1.99. The first-order chi connectivity index (χ1) is 8.51. The summed E-state index contributed by atoms with van der Waals surface area (Å²) in [6, 6.07) is -0.493. The maximum absolute atomic E-state index is 11.4. The van der Waals surface area contributed by atoms with Gasteiger partial charge in [0.15, 0.2) is 0 Å². The minimum Gasteiger partial charge on any atom is -0.465 e. The van der Waals surface area contributed by atoms with Gasteiger partial charge in [-0.25, -0.2) is 0 Å². The fraction of sp³-hybridized carbons (Fsp3) is 0.923. The van der Waals surface area contributed by atoms with Crippen LogP contribution in [0.15, 0.2) is 0 Å². The van der Waals surface area contributed by atoms with Crippen LogP contribution in [-0.2, 0) is 9.53 Å². The molecule has 0 saturated carbocycles. The molecule has 0 aliphatic rings. The number of nitrogens with zero attached hydrogens (tertiary/aromatic N) is 2. The molecule has 0 aromatic carbocycles. The van der Waals surface area contributed by atoms with Crippen LogP contribution in [0.4, 0.5) is 0 Å². The lowest BCUT2D eigenvalue weighted by molar-refractivity contribution is -0.144. The van der Waals surface area contributed by atoms with Gasteiger partial charge in [0.05, 0.1) is 6.61 Å². The largest absolute Gasteiger partial charge is 0.465 e. The Balaban J connectivity index is 3.81. The van der Waals surface area contributed by atoms with Crippen LogP contribution < -0.4 is 5.73 Å². The fourth-order valence-electron chi connectivity index (χ4n) is 1.73. The molecule has 0 amide bonds. The highest BCUT2D eigenvalue weighted by molar-refractivity contribution is 5.75. The standard InChI is InChI=1S/C13H29N3O2/c1-5-16(10-7-9-15(3)4)11-8-12(14)13(17)18-6-2/h12H,5-11,14H2,1-4H3. The Kier molecular flexibility index (Phi) is 9.92. The number of esters is 1. The van der Waals surface area contributed by atoms with Crippen LogP contribution in [0, 0.1) is 0 Å². The van der Waals surface area contributed by atoms with Gasteiger partial charge in [0.25, 0.3) is 0 Å². The summed E-state index contributed by atoms with van der Waals surface area (Å²) >= 11 is 0. The fourth-order valence-corrected chi connectivity index (χ4v) is 1.73. The number of nitrogens with two attached hydrogens (primary N) is 1. The van der Waals surface area contributed by atoms with Crippen molar-refractivity contribution in [1.29, 1.82) is 0 Å². The smallest absolute Gasteiger partial charge is 0.322 e. The van der Waals surface area contributed by atoms with Gasteiger partial charge in [0.2, 0.25) is 0 Å². The number of carbonyl (C=O) groups excluding carboxylic acids is 1. The molecule has 5 nitrogen and oxygen atoms in total. The average molecular weight is 259 g/mol. The van der Waals surface area contributed by atoms with E-state index in [9.17, 15) is 4.79 Å². The van der Waals surface area contributed by atoms with Gasteiger partial charge in [-0.05, 0) is 53.5 Å². The average Bonchev–Trinajstić information content (AvgIpc) is 2.32. The van der Waals surface area contributed by atoms with Crippen molar-refractivity contribution in [3.05, 3.63) is 0 Å². The van der Waals surface area contributed by atoms with Crippen LogP contribution >= 0.6 is 0 Å². The molecular weight excluding hydrogens is 230 g/mol. The quantitative estimate of drug-likeness (QED) is 0.580. The van der Waals surface area contributed by atoms with Gasteiger partial charge < -0.3 is 20.3 Å². The van der Waals surface area contributed by atoms with Gasteiger partial charge in [0.1, 0.15) is 6.04 Å². The lowest BCUT2D eigenvalue weighted by Gasteiger charge is -2.22. The molecule has 0 heterocycles. The lowest BCUT2D eigenvalue weighted by Crippen LogP contribution is -2.37. The zero-order chi connectivity index (χ0) is 14.0. The molecule has 2 N–H and O–H groups in total. The van der Waals surface area contributed by atoms with Crippen molar-refractivity contribution >= 4 is 5.97 Å². The molecule has 0 fully saturated rings. The molecule has 18 heavy (non-hydrogen) atoms. The van der Waals surface area contributed by atoms with Crippen molar-refractivity contribution in [2.75, 3.05) is 46.9 Å². The van der Waals surface area contributed by atoms with E-state index in [1.807, 2.05) is 0 Å². The van der Waals surface area contributed by atoms with Gasteiger partial charge >= 0.3 is 5.97 Å². The number of carbonyl (C=O) groups is 1. The van der Waals surface area contributed by atoms with Crippen LogP contribution in [0.1, 0.15) is 26.7 Å². The maximum Gasteiger partial charge on any atom is 0.322 e. The Morgan fingerprint density at radius 2 is 1.89 bits per heavy atom. The Morgan fingerprint density at radius 3 is 2.39 bits per heavy atom. The molecule has 0 saturated heterocycles. The Hall–Kier alpha value is -0.650. The van der Waals surface area contributed by atoms with E-state index in [0.29, 0.717) is 13.0 Å². The van der Waals surface area contributed by atoms with Crippen LogP contribution in [0.2, 0.25) is 0 Å².